The quantitative estimate of drug-likeness (QED) is 0.476. The summed E-state index contributed by atoms with van der Waals surface area (Å²) in [7, 11) is 0. The first-order chi connectivity index (χ1) is 10.4. The highest BCUT2D eigenvalue weighted by molar-refractivity contribution is 9.10. The molecule has 2 rings (SSSR count). The van der Waals surface area contributed by atoms with Gasteiger partial charge in [0, 0.05) is 0 Å². The maximum Gasteiger partial charge on any atom is 0.263 e. The van der Waals surface area contributed by atoms with Crippen molar-refractivity contribution >= 4 is 51.2 Å². The van der Waals surface area contributed by atoms with Gasteiger partial charge in [0.2, 0.25) is 0 Å². The van der Waals surface area contributed by atoms with Gasteiger partial charge >= 0.3 is 0 Å². The number of hydrogen-bond acceptors (Lipinski definition) is 4. The molecule has 7 heteroatoms. The fourth-order valence-electron chi connectivity index (χ4n) is 1.75. The van der Waals surface area contributed by atoms with Crippen LogP contribution >= 0.6 is 28.1 Å². The third-order valence-electron chi connectivity index (χ3n) is 2.78. The second-order valence-electron chi connectivity index (χ2n) is 5.19. The van der Waals surface area contributed by atoms with Crippen molar-refractivity contribution in [1.82, 2.24) is 10.6 Å². The molecule has 1 aliphatic heterocycles. The second kappa shape index (κ2) is 7.02. The average Bonchev–Trinajstić information content (AvgIpc) is 2.41. The van der Waals surface area contributed by atoms with Crippen LogP contribution in [0.1, 0.15) is 19.4 Å². The van der Waals surface area contributed by atoms with E-state index in [9.17, 15) is 9.59 Å². The molecule has 22 heavy (non-hydrogen) atoms. The number of halogens is 1. The Bertz CT molecular complexity index is 649. The summed E-state index contributed by atoms with van der Waals surface area (Å²) in [4.78, 5) is 23.6. The number of thiocarbonyl (C=S) groups is 1. The molecule has 0 spiro atoms. The third kappa shape index (κ3) is 4.14. The fourth-order valence-corrected chi connectivity index (χ4v) is 2.45. The van der Waals surface area contributed by atoms with Crippen molar-refractivity contribution in [1.29, 1.82) is 0 Å². The summed E-state index contributed by atoms with van der Waals surface area (Å²) in [5.74, 6) is 0.122. The number of amides is 2. The van der Waals surface area contributed by atoms with E-state index >= 15 is 0 Å². The standard InChI is InChI=1S/C15H15BrN2O3S/c1-8(2)7-21-12-4-3-9(6-11(12)16)5-10-13(19)17-15(22)18-14(10)20/h3-6,8H,7H2,1-2H3,(H2,17,18,19,20,22). The molecule has 2 amide bonds. The zero-order valence-corrected chi connectivity index (χ0v) is 14.5. The monoisotopic (exact) mass is 382 g/mol. The van der Waals surface area contributed by atoms with Gasteiger partial charge in [0.1, 0.15) is 11.3 Å². The minimum absolute atomic E-state index is 0.0105. The molecule has 5 nitrogen and oxygen atoms in total. The summed E-state index contributed by atoms with van der Waals surface area (Å²) in [5, 5.41) is 4.81. The average molecular weight is 383 g/mol. The molecule has 1 aliphatic rings. The molecular formula is C15H15BrN2O3S. The van der Waals surface area contributed by atoms with Crippen LogP contribution < -0.4 is 15.4 Å². The van der Waals surface area contributed by atoms with Crippen molar-refractivity contribution in [3.8, 4) is 5.75 Å². The second-order valence-corrected chi connectivity index (χ2v) is 6.45. The summed E-state index contributed by atoms with van der Waals surface area (Å²) in [6.07, 6.45) is 1.50. The Labute approximate surface area is 142 Å². The zero-order chi connectivity index (χ0) is 16.3. The summed E-state index contributed by atoms with van der Waals surface area (Å²) in [6, 6.07) is 5.36. The Kier molecular flexibility index (Phi) is 5.31. The highest BCUT2D eigenvalue weighted by atomic mass is 79.9. The van der Waals surface area contributed by atoms with Crippen molar-refractivity contribution < 1.29 is 14.3 Å². The van der Waals surface area contributed by atoms with Crippen LogP contribution in [0.25, 0.3) is 6.08 Å². The van der Waals surface area contributed by atoms with E-state index in [0.29, 0.717) is 18.1 Å². The lowest BCUT2D eigenvalue weighted by Gasteiger charge is -2.16. The van der Waals surface area contributed by atoms with Crippen molar-refractivity contribution in [2.45, 2.75) is 13.8 Å². The molecule has 1 aromatic carbocycles. The van der Waals surface area contributed by atoms with Crippen LogP contribution in [0.5, 0.6) is 5.75 Å². The van der Waals surface area contributed by atoms with E-state index in [-0.39, 0.29) is 10.7 Å². The highest BCUT2D eigenvalue weighted by Crippen LogP contribution is 2.27. The predicted octanol–water partition coefficient (Wildman–Crippen LogP) is 2.40. The Morgan fingerprint density at radius 1 is 1.27 bits per heavy atom. The molecular weight excluding hydrogens is 368 g/mol. The van der Waals surface area contributed by atoms with Gasteiger partial charge in [0.05, 0.1) is 11.1 Å². The van der Waals surface area contributed by atoms with Gasteiger partial charge < -0.3 is 4.74 Å². The molecule has 0 unspecified atom stereocenters. The van der Waals surface area contributed by atoms with Gasteiger partial charge in [-0.15, -0.1) is 0 Å². The highest BCUT2D eigenvalue weighted by Gasteiger charge is 2.25. The van der Waals surface area contributed by atoms with Gasteiger partial charge in [-0.1, -0.05) is 19.9 Å². The van der Waals surface area contributed by atoms with Gasteiger partial charge in [-0.2, -0.15) is 0 Å². The summed E-state index contributed by atoms with van der Waals surface area (Å²) >= 11 is 8.18. The van der Waals surface area contributed by atoms with Gasteiger partial charge in [-0.25, -0.2) is 0 Å². The SMILES string of the molecule is CC(C)COc1ccc(C=C2C(=O)NC(=S)NC2=O)cc1Br. The molecule has 1 saturated heterocycles. The van der Waals surface area contributed by atoms with Crippen molar-refractivity contribution in [2.24, 2.45) is 5.92 Å². The lowest BCUT2D eigenvalue weighted by atomic mass is 10.1. The molecule has 1 fully saturated rings. The number of rotatable bonds is 4. The van der Waals surface area contributed by atoms with Crippen molar-refractivity contribution in [2.75, 3.05) is 6.61 Å². The van der Waals surface area contributed by atoms with E-state index in [4.69, 9.17) is 17.0 Å². The predicted molar refractivity (Wildman–Crippen MR) is 91.3 cm³/mol. The minimum atomic E-state index is -0.509. The summed E-state index contributed by atoms with van der Waals surface area (Å²) in [5.41, 5.74) is 0.716. The first-order valence-electron chi connectivity index (χ1n) is 6.67. The summed E-state index contributed by atoms with van der Waals surface area (Å²) < 4.78 is 6.42. The maximum absolute atomic E-state index is 11.8. The molecule has 1 heterocycles. The van der Waals surface area contributed by atoms with Crippen LogP contribution in [0.2, 0.25) is 0 Å². The van der Waals surface area contributed by atoms with Gasteiger partial charge in [-0.05, 0) is 57.8 Å². The molecule has 1 aromatic rings. The van der Waals surface area contributed by atoms with E-state index in [2.05, 4.69) is 40.4 Å². The van der Waals surface area contributed by atoms with Gasteiger partial charge in [0.25, 0.3) is 11.8 Å². The van der Waals surface area contributed by atoms with Crippen molar-refractivity contribution in [3.05, 3.63) is 33.8 Å². The van der Waals surface area contributed by atoms with E-state index in [1.165, 1.54) is 6.08 Å². The first-order valence-corrected chi connectivity index (χ1v) is 7.87. The first kappa shape index (κ1) is 16.6. The lowest BCUT2D eigenvalue weighted by Crippen LogP contribution is -2.51. The molecule has 0 aromatic heterocycles. The molecule has 0 aliphatic carbocycles. The van der Waals surface area contributed by atoms with Crippen LogP contribution in [0.15, 0.2) is 28.2 Å². The number of carbonyl (C=O) groups is 2. The molecule has 2 N–H and O–H groups in total. The van der Waals surface area contributed by atoms with Gasteiger partial charge in [-0.3, -0.25) is 20.2 Å². The Hall–Kier alpha value is -1.73. The number of ether oxygens (including phenoxy) is 1. The number of carbonyl (C=O) groups excluding carboxylic acids is 2. The minimum Gasteiger partial charge on any atom is -0.492 e. The third-order valence-corrected chi connectivity index (χ3v) is 3.61. The molecule has 116 valence electrons. The van der Waals surface area contributed by atoms with Gasteiger partial charge in [0.15, 0.2) is 5.11 Å². The maximum atomic E-state index is 11.8. The van der Waals surface area contributed by atoms with E-state index in [0.717, 1.165) is 10.2 Å². The van der Waals surface area contributed by atoms with E-state index < -0.39 is 11.8 Å². The summed E-state index contributed by atoms with van der Waals surface area (Å²) in [6.45, 7) is 4.75. The largest absolute Gasteiger partial charge is 0.492 e. The number of hydrogen-bond donors (Lipinski definition) is 2. The van der Waals surface area contributed by atoms with E-state index in [1.54, 1.807) is 18.2 Å². The lowest BCUT2D eigenvalue weighted by molar-refractivity contribution is -0.123. The van der Waals surface area contributed by atoms with Crippen LogP contribution in [0, 0.1) is 5.92 Å². The van der Waals surface area contributed by atoms with Crippen molar-refractivity contribution in [3.63, 3.8) is 0 Å². The van der Waals surface area contributed by atoms with Crippen LogP contribution in [-0.4, -0.2) is 23.5 Å². The Morgan fingerprint density at radius 2 is 1.91 bits per heavy atom. The number of nitrogens with one attached hydrogen (secondary N) is 2. The molecule has 0 bridgehead atoms. The smallest absolute Gasteiger partial charge is 0.263 e. The normalized spacial score (nSPS) is 14.7. The molecule has 0 atom stereocenters. The van der Waals surface area contributed by atoms with Crippen LogP contribution in [0.4, 0.5) is 0 Å². The fraction of sp³-hybridized carbons (Fsp3) is 0.267. The van der Waals surface area contributed by atoms with E-state index in [1.807, 2.05) is 0 Å². The van der Waals surface area contributed by atoms with Crippen LogP contribution in [0.3, 0.4) is 0 Å². The Balaban J connectivity index is 2.21. The van der Waals surface area contributed by atoms with Crippen LogP contribution in [-0.2, 0) is 9.59 Å². The molecule has 0 radical (unpaired) electrons. The topological polar surface area (TPSA) is 67.4 Å². The zero-order valence-electron chi connectivity index (χ0n) is 12.1. The Morgan fingerprint density at radius 3 is 2.45 bits per heavy atom. The molecule has 0 saturated carbocycles. The number of benzene rings is 1.